The lowest BCUT2D eigenvalue weighted by atomic mass is 9.79. The number of carboxylic acid groups (broad SMARTS) is 1. The lowest BCUT2D eigenvalue weighted by Crippen LogP contribution is -2.57. The quantitative estimate of drug-likeness (QED) is 0.640. The molecular weight excluding hydrogens is 470 g/mol. The third-order valence-electron chi connectivity index (χ3n) is 7.83. The normalized spacial score (nSPS) is 28.4. The second-order valence-corrected chi connectivity index (χ2v) is 9.43. The number of likely N-dealkylation sites (tertiary alicyclic amines) is 2. The topological polar surface area (TPSA) is 79.3 Å². The number of ether oxygens (including phenoxy) is 2. The molecule has 2 aromatic carbocycles. The zero-order valence-corrected chi connectivity index (χ0v) is 20.7. The van der Waals surface area contributed by atoms with Gasteiger partial charge in [0.1, 0.15) is 23.3 Å². The highest BCUT2D eigenvalue weighted by Crippen LogP contribution is 2.44. The number of rotatable bonds is 6. The molecular formula is C27H32F2N2O5. The molecule has 0 aliphatic carbocycles. The second kappa shape index (κ2) is 10.5. The maximum Gasteiger partial charge on any atom is 0.407 e. The van der Waals surface area contributed by atoms with Crippen LogP contribution < -0.4 is 0 Å². The molecule has 36 heavy (non-hydrogen) atoms. The van der Waals surface area contributed by atoms with Gasteiger partial charge in [-0.05, 0) is 23.6 Å². The number of amides is 2. The number of hydrogen-bond donors (Lipinski definition) is 1. The Balaban J connectivity index is 1.66. The summed E-state index contributed by atoms with van der Waals surface area (Å²) in [6.07, 6.45) is -0.776. The molecule has 194 valence electrons. The molecule has 2 aliphatic heterocycles. The summed E-state index contributed by atoms with van der Waals surface area (Å²) < 4.78 is 40.4. The second-order valence-electron chi connectivity index (χ2n) is 9.43. The van der Waals surface area contributed by atoms with Gasteiger partial charge in [-0.15, -0.1) is 0 Å². The van der Waals surface area contributed by atoms with E-state index in [-0.39, 0.29) is 24.6 Å². The highest BCUT2D eigenvalue weighted by molar-refractivity contribution is 5.82. The highest BCUT2D eigenvalue weighted by Gasteiger charge is 2.52. The zero-order chi connectivity index (χ0) is 26.0. The van der Waals surface area contributed by atoms with Gasteiger partial charge in [-0.2, -0.15) is 0 Å². The van der Waals surface area contributed by atoms with Crippen LogP contribution in [0.25, 0.3) is 0 Å². The molecule has 2 fully saturated rings. The predicted octanol–water partition coefficient (Wildman–Crippen LogP) is 4.23. The summed E-state index contributed by atoms with van der Waals surface area (Å²) in [7, 11) is 3.19. The number of methoxy groups -OCH3 is 2. The van der Waals surface area contributed by atoms with E-state index in [0.717, 1.165) is 17.7 Å². The van der Waals surface area contributed by atoms with Crippen LogP contribution in [-0.2, 0) is 19.9 Å². The fourth-order valence-electron chi connectivity index (χ4n) is 6.05. The summed E-state index contributed by atoms with van der Waals surface area (Å²) in [4.78, 5) is 28.8. The third kappa shape index (κ3) is 4.46. The molecule has 2 aromatic rings. The van der Waals surface area contributed by atoms with Crippen LogP contribution in [0.2, 0.25) is 0 Å². The smallest absolute Gasteiger partial charge is 0.407 e. The van der Waals surface area contributed by atoms with Gasteiger partial charge >= 0.3 is 6.09 Å². The number of piperidine rings is 1. The molecule has 5 atom stereocenters. The average Bonchev–Trinajstić information content (AvgIpc) is 3.28. The van der Waals surface area contributed by atoms with Crippen molar-refractivity contribution in [2.45, 2.75) is 43.4 Å². The Bertz CT molecular complexity index is 1100. The molecule has 2 heterocycles. The molecule has 1 unspecified atom stereocenters. The molecule has 0 aromatic heterocycles. The first kappa shape index (κ1) is 26.0. The number of carbonyl (C=O) groups is 2. The van der Waals surface area contributed by atoms with Crippen molar-refractivity contribution in [3.63, 3.8) is 0 Å². The van der Waals surface area contributed by atoms with Crippen molar-refractivity contribution in [3.8, 4) is 0 Å². The molecule has 2 amide bonds. The van der Waals surface area contributed by atoms with Crippen LogP contribution in [0.15, 0.2) is 48.5 Å². The summed E-state index contributed by atoms with van der Waals surface area (Å²) in [5, 5.41) is 9.82. The van der Waals surface area contributed by atoms with Crippen molar-refractivity contribution in [1.82, 2.24) is 9.80 Å². The minimum atomic E-state index is -1.17. The SMILES string of the molecule is CCC1[C@@H](c2ccc(F)cc2F)[C@H](C(=O)N2CC[C@](OC)(c3ccccc3)[C@@H](OC)C2)CN1C(=O)O. The van der Waals surface area contributed by atoms with Gasteiger partial charge in [0.2, 0.25) is 5.91 Å². The Hall–Kier alpha value is -3.04. The molecule has 1 N–H and O–H groups in total. The van der Waals surface area contributed by atoms with Gasteiger partial charge in [-0.25, -0.2) is 13.6 Å². The molecule has 0 spiro atoms. The van der Waals surface area contributed by atoms with Crippen LogP contribution >= 0.6 is 0 Å². The van der Waals surface area contributed by atoms with E-state index in [4.69, 9.17) is 9.47 Å². The van der Waals surface area contributed by atoms with Crippen molar-refractivity contribution in [1.29, 1.82) is 0 Å². The van der Waals surface area contributed by atoms with E-state index in [9.17, 15) is 23.5 Å². The summed E-state index contributed by atoms with van der Waals surface area (Å²) in [6, 6.07) is 12.3. The van der Waals surface area contributed by atoms with Crippen molar-refractivity contribution in [2.75, 3.05) is 33.9 Å². The minimum absolute atomic E-state index is 0.0591. The fraction of sp³-hybridized carbons (Fsp3) is 0.481. The average molecular weight is 503 g/mol. The molecule has 0 radical (unpaired) electrons. The first-order valence-corrected chi connectivity index (χ1v) is 12.1. The zero-order valence-electron chi connectivity index (χ0n) is 20.7. The van der Waals surface area contributed by atoms with Gasteiger partial charge < -0.3 is 24.4 Å². The third-order valence-corrected chi connectivity index (χ3v) is 7.83. The molecule has 0 bridgehead atoms. The van der Waals surface area contributed by atoms with Crippen LogP contribution in [0.1, 0.15) is 36.8 Å². The Morgan fingerprint density at radius 2 is 1.83 bits per heavy atom. The van der Waals surface area contributed by atoms with E-state index in [1.807, 2.05) is 30.3 Å². The van der Waals surface area contributed by atoms with E-state index < -0.39 is 47.3 Å². The molecule has 7 nitrogen and oxygen atoms in total. The summed E-state index contributed by atoms with van der Waals surface area (Å²) in [5.41, 5.74) is 0.354. The van der Waals surface area contributed by atoms with E-state index in [2.05, 4.69) is 0 Å². The summed E-state index contributed by atoms with van der Waals surface area (Å²) in [6.45, 7) is 2.34. The van der Waals surface area contributed by atoms with Crippen LogP contribution in [-0.4, -0.2) is 72.9 Å². The maximum absolute atomic E-state index is 14.9. The van der Waals surface area contributed by atoms with Gasteiger partial charge in [0.05, 0.1) is 12.5 Å². The number of hydrogen-bond acceptors (Lipinski definition) is 4. The van der Waals surface area contributed by atoms with Crippen LogP contribution in [0.3, 0.4) is 0 Å². The number of carbonyl (C=O) groups excluding carboxylic acids is 1. The molecule has 2 saturated heterocycles. The summed E-state index contributed by atoms with van der Waals surface area (Å²) in [5.74, 6) is -3.32. The van der Waals surface area contributed by atoms with E-state index in [1.54, 1.807) is 26.0 Å². The molecule has 2 aliphatic rings. The first-order chi connectivity index (χ1) is 17.3. The Labute approximate surface area is 209 Å². The maximum atomic E-state index is 14.9. The van der Waals surface area contributed by atoms with Gasteiger partial charge in [0, 0.05) is 51.8 Å². The summed E-state index contributed by atoms with van der Waals surface area (Å²) >= 11 is 0. The standard InChI is InChI=1S/C27H32F2N2O5/c1-4-22-24(19-11-10-18(28)14-21(19)29)20(15-31(22)26(33)34)25(32)30-13-12-27(36-3,23(16-30)35-2)17-8-6-5-7-9-17/h5-11,14,20,22-24H,4,12-13,15-16H2,1-3H3,(H,33,34)/t20-,22?,23+,24+,27+/m1/s1. The largest absolute Gasteiger partial charge is 0.465 e. The van der Waals surface area contributed by atoms with Crippen molar-refractivity contribution in [3.05, 3.63) is 71.3 Å². The molecule has 9 heteroatoms. The number of benzene rings is 2. The van der Waals surface area contributed by atoms with Gasteiger partial charge in [0.15, 0.2) is 0 Å². The van der Waals surface area contributed by atoms with E-state index in [1.165, 1.54) is 11.0 Å². The van der Waals surface area contributed by atoms with E-state index in [0.29, 0.717) is 19.4 Å². The monoisotopic (exact) mass is 502 g/mol. The van der Waals surface area contributed by atoms with Crippen molar-refractivity contribution in [2.24, 2.45) is 5.92 Å². The lowest BCUT2D eigenvalue weighted by molar-refractivity contribution is -0.170. The van der Waals surface area contributed by atoms with Crippen molar-refractivity contribution < 1.29 is 33.0 Å². The van der Waals surface area contributed by atoms with Crippen LogP contribution in [0, 0.1) is 17.6 Å². The Kier molecular flexibility index (Phi) is 7.61. The lowest BCUT2D eigenvalue weighted by Gasteiger charge is -2.47. The minimum Gasteiger partial charge on any atom is -0.465 e. The highest BCUT2D eigenvalue weighted by atomic mass is 19.1. The van der Waals surface area contributed by atoms with E-state index >= 15 is 0 Å². The Morgan fingerprint density at radius 1 is 1.11 bits per heavy atom. The molecule has 0 saturated carbocycles. The van der Waals surface area contributed by atoms with Gasteiger partial charge in [-0.3, -0.25) is 4.79 Å². The van der Waals surface area contributed by atoms with Gasteiger partial charge in [0.25, 0.3) is 0 Å². The fourth-order valence-corrected chi connectivity index (χ4v) is 6.05. The number of nitrogens with zero attached hydrogens (tertiary/aromatic N) is 2. The van der Waals surface area contributed by atoms with Crippen molar-refractivity contribution >= 4 is 12.0 Å². The number of halogens is 2. The van der Waals surface area contributed by atoms with Gasteiger partial charge in [-0.1, -0.05) is 43.3 Å². The molecule has 4 rings (SSSR count). The van der Waals surface area contributed by atoms with Crippen LogP contribution in [0.5, 0.6) is 0 Å². The Morgan fingerprint density at radius 3 is 2.42 bits per heavy atom. The first-order valence-electron chi connectivity index (χ1n) is 12.1. The van der Waals surface area contributed by atoms with Crippen LogP contribution in [0.4, 0.5) is 13.6 Å². The predicted molar refractivity (Wildman–Crippen MR) is 129 cm³/mol.